The van der Waals surface area contributed by atoms with Crippen molar-refractivity contribution >= 4 is 5.65 Å². The Hall–Kier alpha value is -3.03. The van der Waals surface area contributed by atoms with Crippen LogP contribution in [0.4, 0.5) is 8.78 Å². The standard InChI is InChI=1S/C15H12F2N4O2/c1-2-3-6-21-15(23)20-8-7-19(14(22)13(20)18-21)10-4-5-11(16)12(17)9-10/h2,4-5,7-9H,1,3,6H2. The fraction of sp³-hybridized carbons (Fsp3) is 0.133. The van der Waals surface area contributed by atoms with Crippen molar-refractivity contribution in [2.75, 3.05) is 0 Å². The molecule has 8 heteroatoms. The number of fused-ring (bicyclic) bond motifs is 1. The van der Waals surface area contributed by atoms with Gasteiger partial charge in [0, 0.05) is 25.0 Å². The lowest BCUT2D eigenvalue weighted by molar-refractivity contribution is 0.508. The van der Waals surface area contributed by atoms with E-state index >= 15 is 0 Å². The molecule has 0 radical (unpaired) electrons. The average molecular weight is 318 g/mol. The van der Waals surface area contributed by atoms with Crippen LogP contribution in [0.3, 0.4) is 0 Å². The van der Waals surface area contributed by atoms with Gasteiger partial charge in [0.05, 0.1) is 5.69 Å². The monoisotopic (exact) mass is 318 g/mol. The maximum absolute atomic E-state index is 13.3. The van der Waals surface area contributed by atoms with E-state index in [0.717, 1.165) is 25.8 Å². The molecule has 0 amide bonds. The fourth-order valence-corrected chi connectivity index (χ4v) is 2.21. The minimum Gasteiger partial charge on any atom is -0.279 e. The van der Waals surface area contributed by atoms with Crippen LogP contribution in [0.2, 0.25) is 0 Å². The Morgan fingerprint density at radius 3 is 2.65 bits per heavy atom. The summed E-state index contributed by atoms with van der Waals surface area (Å²) in [5.74, 6) is -2.07. The van der Waals surface area contributed by atoms with Gasteiger partial charge in [0.1, 0.15) is 0 Å². The molecular formula is C15H12F2N4O2. The van der Waals surface area contributed by atoms with Crippen molar-refractivity contribution in [3.05, 3.63) is 75.7 Å². The summed E-state index contributed by atoms with van der Waals surface area (Å²) in [6, 6.07) is 3.10. The molecular weight excluding hydrogens is 306 g/mol. The van der Waals surface area contributed by atoms with Gasteiger partial charge in [-0.15, -0.1) is 11.7 Å². The number of benzene rings is 1. The molecule has 0 saturated heterocycles. The van der Waals surface area contributed by atoms with E-state index in [1.54, 1.807) is 6.08 Å². The number of aryl methyl sites for hydroxylation is 1. The van der Waals surface area contributed by atoms with Crippen LogP contribution in [-0.4, -0.2) is 18.7 Å². The summed E-state index contributed by atoms with van der Waals surface area (Å²) >= 11 is 0. The van der Waals surface area contributed by atoms with E-state index in [1.807, 2.05) is 0 Å². The van der Waals surface area contributed by atoms with Crippen LogP contribution in [0, 0.1) is 11.6 Å². The molecule has 0 fully saturated rings. The smallest absolute Gasteiger partial charge is 0.279 e. The van der Waals surface area contributed by atoms with E-state index in [0.29, 0.717) is 13.0 Å². The molecule has 6 nitrogen and oxygen atoms in total. The van der Waals surface area contributed by atoms with Gasteiger partial charge in [-0.2, -0.15) is 0 Å². The van der Waals surface area contributed by atoms with E-state index in [1.165, 1.54) is 18.5 Å². The number of hydrogen-bond acceptors (Lipinski definition) is 3. The molecule has 0 atom stereocenters. The van der Waals surface area contributed by atoms with Crippen molar-refractivity contribution in [1.82, 2.24) is 18.7 Å². The highest BCUT2D eigenvalue weighted by atomic mass is 19.2. The Kier molecular flexibility index (Phi) is 3.65. The predicted octanol–water partition coefficient (Wildman–Crippen LogP) is 1.50. The summed E-state index contributed by atoms with van der Waals surface area (Å²) in [6.07, 6.45) is 4.83. The first-order valence-corrected chi connectivity index (χ1v) is 6.80. The van der Waals surface area contributed by atoms with E-state index in [-0.39, 0.29) is 11.3 Å². The molecule has 0 saturated carbocycles. The highest BCUT2D eigenvalue weighted by Gasteiger charge is 2.13. The molecule has 0 aliphatic rings. The zero-order valence-electron chi connectivity index (χ0n) is 11.9. The van der Waals surface area contributed by atoms with E-state index < -0.39 is 22.9 Å². The first kappa shape index (κ1) is 14.9. The van der Waals surface area contributed by atoms with Crippen LogP contribution in [0.15, 0.2) is 52.8 Å². The SMILES string of the molecule is C=CCCn1nc2c(=O)n(-c3ccc(F)c(F)c3)ccn2c1=O. The third-order valence-corrected chi connectivity index (χ3v) is 3.37. The second kappa shape index (κ2) is 5.64. The Bertz CT molecular complexity index is 1020. The number of halogens is 2. The highest BCUT2D eigenvalue weighted by molar-refractivity contribution is 5.40. The van der Waals surface area contributed by atoms with Crippen LogP contribution in [0.1, 0.15) is 6.42 Å². The van der Waals surface area contributed by atoms with Gasteiger partial charge in [0.15, 0.2) is 11.6 Å². The number of rotatable bonds is 4. The third-order valence-electron chi connectivity index (χ3n) is 3.37. The molecule has 1 aromatic carbocycles. The first-order chi connectivity index (χ1) is 11.0. The van der Waals surface area contributed by atoms with Crippen molar-refractivity contribution in [2.24, 2.45) is 0 Å². The van der Waals surface area contributed by atoms with Gasteiger partial charge in [0.2, 0.25) is 5.65 Å². The van der Waals surface area contributed by atoms with Gasteiger partial charge < -0.3 is 0 Å². The van der Waals surface area contributed by atoms with Crippen LogP contribution in [0.25, 0.3) is 11.3 Å². The molecule has 3 aromatic rings. The second-order valence-corrected chi connectivity index (χ2v) is 4.85. The minimum absolute atomic E-state index is 0.0914. The zero-order valence-corrected chi connectivity index (χ0v) is 11.9. The van der Waals surface area contributed by atoms with Crippen molar-refractivity contribution < 1.29 is 8.78 Å². The third kappa shape index (κ3) is 2.48. The van der Waals surface area contributed by atoms with Crippen molar-refractivity contribution in [3.8, 4) is 5.69 Å². The summed E-state index contributed by atoms with van der Waals surface area (Å²) in [4.78, 5) is 24.6. The molecule has 0 spiro atoms. The Morgan fingerprint density at radius 2 is 1.96 bits per heavy atom. The summed E-state index contributed by atoms with van der Waals surface area (Å²) in [5, 5.41) is 3.99. The van der Waals surface area contributed by atoms with Crippen molar-refractivity contribution in [3.63, 3.8) is 0 Å². The maximum Gasteiger partial charge on any atom is 0.350 e. The molecule has 118 valence electrons. The summed E-state index contributed by atoms with van der Waals surface area (Å²) in [5.41, 5.74) is -1.000. The zero-order chi connectivity index (χ0) is 16.6. The van der Waals surface area contributed by atoms with Crippen LogP contribution >= 0.6 is 0 Å². The number of nitrogens with zero attached hydrogens (tertiary/aromatic N) is 4. The Morgan fingerprint density at radius 1 is 1.17 bits per heavy atom. The Labute approximate surface area is 128 Å². The minimum atomic E-state index is -1.07. The van der Waals surface area contributed by atoms with E-state index in [2.05, 4.69) is 11.7 Å². The van der Waals surface area contributed by atoms with Crippen LogP contribution in [0.5, 0.6) is 0 Å². The average Bonchev–Trinajstić information content (AvgIpc) is 2.86. The molecule has 0 unspecified atom stereocenters. The van der Waals surface area contributed by atoms with Crippen LogP contribution in [-0.2, 0) is 6.54 Å². The summed E-state index contributed by atoms with van der Waals surface area (Å²) in [6.45, 7) is 3.86. The fourth-order valence-electron chi connectivity index (χ4n) is 2.21. The van der Waals surface area contributed by atoms with Gasteiger partial charge >= 0.3 is 11.2 Å². The summed E-state index contributed by atoms with van der Waals surface area (Å²) in [7, 11) is 0. The lowest BCUT2D eigenvalue weighted by Gasteiger charge is -2.05. The van der Waals surface area contributed by atoms with E-state index in [4.69, 9.17) is 0 Å². The maximum atomic E-state index is 13.3. The van der Waals surface area contributed by atoms with Gasteiger partial charge in [-0.1, -0.05) is 6.08 Å². The molecule has 0 bridgehead atoms. The highest BCUT2D eigenvalue weighted by Crippen LogP contribution is 2.11. The van der Waals surface area contributed by atoms with Gasteiger partial charge in [-0.05, 0) is 18.6 Å². The van der Waals surface area contributed by atoms with Crippen molar-refractivity contribution in [2.45, 2.75) is 13.0 Å². The van der Waals surface area contributed by atoms with Crippen LogP contribution < -0.4 is 11.2 Å². The molecule has 0 aliphatic heterocycles. The lowest BCUT2D eigenvalue weighted by Crippen LogP contribution is -2.24. The lowest BCUT2D eigenvalue weighted by atomic mass is 10.3. The number of aromatic nitrogens is 4. The Balaban J connectivity index is 2.19. The first-order valence-electron chi connectivity index (χ1n) is 6.80. The molecule has 2 heterocycles. The molecule has 0 aliphatic carbocycles. The molecule has 2 aromatic heterocycles. The largest absolute Gasteiger partial charge is 0.350 e. The number of allylic oxidation sites excluding steroid dienone is 1. The van der Waals surface area contributed by atoms with Gasteiger partial charge in [-0.25, -0.2) is 22.7 Å². The quantitative estimate of drug-likeness (QED) is 0.685. The second-order valence-electron chi connectivity index (χ2n) is 4.85. The van der Waals surface area contributed by atoms with Gasteiger partial charge in [0.25, 0.3) is 0 Å². The van der Waals surface area contributed by atoms with Gasteiger partial charge in [-0.3, -0.25) is 9.36 Å². The van der Waals surface area contributed by atoms with Crippen molar-refractivity contribution in [1.29, 1.82) is 0 Å². The topological polar surface area (TPSA) is 61.3 Å². The molecule has 23 heavy (non-hydrogen) atoms. The molecule has 0 N–H and O–H groups in total. The normalized spacial score (nSPS) is 11.0. The van der Waals surface area contributed by atoms with E-state index in [9.17, 15) is 18.4 Å². The number of hydrogen-bond donors (Lipinski definition) is 0. The predicted molar refractivity (Wildman–Crippen MR) is 79.8 cm³/mol. The summed E-state index contributed by atoms with van der Waals surface area (Å²) < 4.78 is 29.7. The molecule has 3 rings (SSSR count).